The van der Waals surface area contributed by atoms with Crippen molar-refractivity contribution in [1.29, 1.82) is 0 Å². The van der Waals surface area contributed by atoms with Gasteiger partial charge in [0.25, 0.3) is 0 Å². The van der Waals surface area contributed by atoms with Crippen LogP contribution in [-0.4, -0.2) is 36.5 Å². The van der Waals surface area contributed by atoms with Gasteiger partial charge >= 0.3 is 0 Å². The quantitative estimate of drug-likeness (QED) is 0.774. The van der Waals surface area contributed by atoms with E-state index in [1.54, 1.807) is 16.4 Å². The summed E-state index contributed by atoms with van der Waals surface area (Å²) in [6.45, 7) is 6.16. The van der Waals surface area contributed by atoms with Crippen molar-refractivity contribution in [1.82, 2.24) is 4.31 Å². The summed E-state index contributed by atoms with van der Waals surface area (Å²) in [6.07, 6.45) is 3.90. The fourth-order valence-electron chi connectivity index (χ4n) is 3.82. The first-order chi connectivity index (χ1) is 12.3. The van der Waals surface area contributed by atoms with Gasteiger partial charge < -0.3 is 4.74 Å². The smallest absolute Gasteiger partial charge is 0.243 e. The molecule has 0 saturated carbocycles. The molecular formula is C21H23NO3S. The van der Waals surface area contributed by atoms with E-state index in [0.717, 1.165) is 11.1 Å². The molecule has 0 spiro atoms. The van der Waals surface area contributed by atoms with Crippen LogP contribution in [0.2, 0.25) is 0 Å². The highest BCUT2D eigenvalue weighted by atomic mass is 32.2. The predicted molar refractivity (Wildman–Crippen MR) is 102 cm³/mol. The first kappa shape index (κ1) is 17.5. The van der Waals surface area contributed by atoms with Crippen LogP contribution in [0, 0.1) is 6.92 Å². The topological polar surface area (TPSA) is 49.9 Å². The summed E-state index contributed by atoms with van der Waals surface area (Å²) in [5.41, 5.74) is 0.994. The Hall–Kier alpha value is -1.95. The molecule has 2 heterocycles. The summed E-state index contributed by atoms with van der Waals surface area (Å²) in [5, 5.41) is 0. The number of benzene rings is 2. The van der Waals surface area contributed by atoms with Crippen LogP contribution >= 0.6 is 0 Å². The zero-order chi connectivity index (χ0) is 18.6. The summed E-state index contributed by atoms with van der Waals surface area (Å²) < 4.78 is 33.9. The average Bonchev–Trinajstić information content (AvgIpc) is 3.30. The van der Waals surface area contributed by atoms with Crippen molar-refractivity contribution in [2.45, 2.75) is 42.9 Å². The van der Waals surface area contributed by atoms with Gasteiger partial charge in [0.2, 0.25) is 10.0 Å². The molecule has 2 atom stereocenters. The molecule has 2 saturated heterocycles. The Labute approximate surface area is 155 Å². The Kier molecular flexibility index (Phi) is 3.88. The molecule has 0 amide bonds. The lowest BCUT2D eigenvalue weighted by Crippen LogP contribution is -2.47. The normalized spacial score (nSPS) is 27.6. The molecule has 0 bridgehead atoms. The van der Waals surface area contributed by atoms with Gasteiger partial charge in [-0.05, 0) is 44.5 Å². The van der Waals surface area contributed by atoms with E-state index in [2.05, 4.69) is 0 Å². The maximum atomic E-state index is 13.2. The van der Waals surface area contributed by atoms with Gasteiger partial charge in [0.1, 0.15) is 11.7 Å². The van der Waals surface area contributed by atoms with Crippen LogP contribution < -0.4 is 0 Å². The van der Waals surface area contributed by atoms with Gasteiger partial charge in [-0.2, -0.15) is 4.31 Å². The molecule has 136 valence electrons. The van der Waals surface area contributed by atoms with E-state index in [0.29, 0.717) is 11.4 Å². The maximum Gasteiger partial charge on any atom is 0.243 e. The van der Waals surface area contributed by atoms with Crippen LogP contribution in [-0.2, 0) is 14.8 Å². The number of ether oxygens (including phenoxy) is 1. The van der Waals surface area contributed by atoms with Gasteiger partial charge in [0.05, 0.1) is 17.0 Å². The van der Waals surface area contributed by atoms with Crippen LogP contribution in [0.4, 0.5) is 0 Å². The van der Waals surface area contributed by atoms with E-state index >= 15 is 0 Å². The lowest BCUT2D eigenvalue weighted by Gasteiger charge is -2.32. The molecule has 2 aromatic carbocycles. The van der Waals surface area contributed by atoms with E-state index in [1.807, 2.05) is 75.4 Å². The van der Waals surface area contributed by atoms with Crippen LogP contribution in [0.1, 0.15) is 25.0 Å². The minimum absolute atomic E-state index is 0.129. The van der Waals surface area contributed by atoms with Crippen LogP contribution in [0.3, 0.4) is 0 Å². The Morgan fingerprint density at radius 2 is 1.73 bits per heavy atom. The highest BCUT2D eigenvalue weighted by molar-refractivity contribution is 7.89. The van der Waals surface area contributed by atoms with Gasteiger partial charge in [-0.1, -0.05) is 54.1 Å². The number of nitrogens with zero attached hydrogens (tertiary/aromatic N) is 1. The van der Waals surface area contributed by atoms with Crippen molar-refractivity contribution in [2.24, 2.45) is 0 Å². The van der Waals surface area contributed by atoms with Gasteiger partial charge in [-0.15, -0.1) is 0 Å². The number of hydrogen-bond donors (Lipinski definition) is 0. The zero-order valence-electron chi connectivity index (χ0n) is 15.2. The minimum Gasteiger partial charge on any atom is -0.358 e. The number of morpholine rings is 1. The molecule has 4 rings (SSSR count). The second-order valence-electron chi connectivity index (χ2n) is 7.68. The molecule has 5 heteroatoms. The summed E-state index contributed by atoms with van der Waals surface area (Å²) >= 11 is 0. The molecule has 2 fully saturated rings. The molecule has 0 unspecified atom stereocenters. The SMILES string of the molecule is Cc1ccc(S(=O)(=O)N2C[C@@]3(/C=C/c4ccccc4)O[C@H]3C2(C)C)cc1. The fourth-order valence-corrected chi connectivity index (χ4v) is 5.64. The first-order valence-electron chi connectivity index (χ1n) is 8.77. The molecule has 2 aromatic rings. The number of sulfonamides is 1. The lowest BCUT2D eigenvalue weighted by molar-refractivity contribution is 0.141. The number of aryl methyl sites for hydroxylation is 1. The van der Waals surface area contributed by atoms with Crippen LogP contribution in [0.5, 0.6) is 0 Å². The highest BCUT2D eigenvalue weighted by Gasteiger charge is 2.72. The second kappa shape index (κ2) is 5.78. The van der Waals surface area contributed by atoms with Gasteiger partial charge in [0.15, 0.2) is 0 Å². The number of hydrogen-bond acceptors (Lipinski definition) is 3. The fraction of sp³-hybridized carbons (Fsp3) is 0.333. The Bertz CT molecular complexity index is 949. The third kappa shape index (κ3) is 2.71. The van der Waals surface area contributed by atoms with Crippen molar-refractivity contribution < 1.29 is 13.2 Å². The standard InChI is InChI=1S/C21H23NO3S/c1-16-9-11-18(12-10-16)26(23,24)22-15-21(19(25-21)20(22,2)3)14-13-17-7-5-4-6-8-17/h4-14,19H,15H2,1-3H3/b14-13+/t19-,21+/m0/s1. The molecule has 0 aromatic heterocycles. The third-order valence-corrected chi connectivity index (χ3v) is 7.41. The molecular weight excluding hydrogens is 346 g/mol. The largest absolute Gasteiger partial charge is 0.358 e. The van der Waals surface area contributed by atoms with Crippen molar-refractivity contribution in [3.05, 3.63) is 71.8 Å². The van der Waals surface area contributed by atoms with Crippen molar-refractivity contribution in [3.63, 3.8) is 0 Å². The summed E-state index contributed by atoms with van der Waals surface area (Å²) in [7, 11) is -3.57. The van der Waals surface area contributed by atoms with Gasteiger partial charge in [-0.3, -0.25) is 0 Å². The first-order valence-corrected chi connectivity index (χ1v) is 10.2. The van der Waals surface area contributed by atoms with E-state index in [9.17, 15) is 8.42 Å². The third-order valence-electron chi connectivity index (χ3n) is 5.37. The van der Waals surface area contributed by atoms with Gasteiger partial charge in [0, 0.05) is 0 Å². The molecule has 0 radical (unpaired) electrons. The van der Waals surface area contributed by atoms with E-state index < -0.39 is 21.2 Å². The lowest BCUT2D eigenvalue weighted by atomic mass is 9.96. The van der Waals surface area contributed by atoms with Crippen molar-refractivity contribution >= 4 is 16.1 Å². The molecule has 26 heavy (non-hydrogen) atoms. The summed E-state index contributed by atoms with van der Waals surface area (Å²) in [6, 6.07) is 17.0. The van der Waals surface area contributed by atoms with Crippen molar-refractivity contribution in [3.8, 4) is 0 Å². The monoisotopic (exact) mass is 369 g/mol. The summed E-state index contributed by atoms with van der Waals surface area (Å²) in [5.74, 6) is 0. The maximum absolute atomic E-state index is 13.2. The van der Waals surface area contributed by atoms with E-state index in [-0.39, 0.29) is 6.10 Å². The average molecular weight is 369 g/mol. The van der Waals surface area contributed by atoms with Gasteiger partial charge in [-0.25, -0.2) is 8.42 Å². The van der Waals surface area contributed by atoms with Crippen molar-refractivity contribution in [2.75, 3.05) is 6.54 Å². The molecule has 0 N–H and O–H groups in total. The predicted octanol–water partition coefficient (Wildman–Crippen LogP) is 3.63. The Morgan fingerprint density at radius 1 is 1.08 bits per heavy atom. The van der Waals surface area contributed by atoms with E-state index in [4.69, 9.17) is 4.74 Å². The molecule has 4 nitrogen and oxygen atoms in total. The molecule has 2 aliphatic heterocycles. The van der Waals surface area contributed by atoms with Crippen LogP contribution in [0.15, 0.2) is 65.6 Å². The van der Waals surface area contributed by atoms with E-state index in [1.165, 1.54) is 0 Å². The number of fused-ring (bicyclic) bond motifs is 1. The second-order valence-corrected chi connectivity index (χ2v) is 9.54. The molecule has 2 aliphatic rings. The van der Waals surface area contributed by atoms with Crippen LogP contribution in [0.25, 0.3) is 6.08 Å². The number of rotatable bonds is 4. The molecule has 0 aliphatic carbocycles. The Morgan fingerprint density at radius 3 is 2.38 bits per heavy atom. The minimum atomic E-state index is -3.57. The summed E-state index contributed by atoms with van der Waals surface area (Å²) in [4.78, 5) is 0.333. The zero-order valence-corrected chi connectivity index (χ0v) is 16.0. The Balaban J connectivity index is 1.63. The highest BCUT2D eigenvalue weighted by Crippen LogP contribution is 2.55. The number of epoxide rings is 1.